The van der Waals surface area contributed by atoms with E-state index in [4.69, 9.17) is 44.5 Å². The molecule has 1 amide bonds. The van der Waals surface area contributed by atoms with Gasteiger partial charge in [-0.3, -0.25) is 10.1 Å². The Morgan fingerprint density at radius 2 is 1.79 bits per heavy atom. The van der Waals surface area contributed by atoms with Crippen molar-refractivity contribution in [2.24, 2.45) is 0 Å². The third-order valence-corrected chi connectivity index (χ3v) is 6.49. The van der Waals surface area contributed by atoms with Crippen LogP contribution in [-0.2, 0) is 11.2 Å². The third-order valence-electron chi connectivity index (χ3n) is 5.70. The van der Waals surface area contributed by atoms with E-state index in [0.29, 0.717) is 58.5 Å². The van der Waals surface area contributed by atoms with E-state index in [9.17, 15) is 9.59 Å². The van der Waals surface area contributed by atoms with Crippen LogP contribution >= 0.6 is 34.8 Å². The number of halogens is 3. The van der Waals surface area contributed by atoms with E-state index < -0.39 is 6.09 Å². The van der Waals surface area contributed by atoms with Crippen molar-refractivity contribution in [2.45, 2.75) is 26.2 Å². The monoisotopic (exact) mass is 576 g/mol. The highest BCUT2D eigenvalue weighted by Crippen LogP contribution is 2.34. The standard InChI is InChI=1S/C26H27Cl3N6O3/c1-14(2)22-21-24(35(33-22)23-18(28)12-16(27)13-19(23)29)31-20(32-25(21)36)11-15-5-7-17(8-6-15)30-26(37)38-10-9-34(3)4/h5-8,12-14H,9-11H2,1-4H3,(H,30,37)(H,31,32,36). The number of hydrogen-bond acceptors (Lipinski definition) is 6. The van der Waals surface area contributed by atoms with Gasteiger partial charge in [-0.1, -0.05) is 60.8 Å². The molecular weight excluding hydrogens is 551 g/mol. The van der Waals surface area contributed by atoms with Crippen LogP contribution in [0.3, 0.4) is 0 Å². The second kappa shape index (κ2) is 11.7. The number of amides is 1. The number of aromatic amines is 1. The van der Waals surface area contributed by atoms with E-state index >= 15 is 0 Å². The molecule has 0 aliphatic heterocycles. The minimum atomic E-state index is -0.523. The molecule has 4 rings (SSSR count). The minimum absolute atomic E-state index is 0.0491. The smallest absolute Gasteiger partial charge is 0.411 e. The SMILES string of the molecule is CC(C)c1nn(-c2c(Cl)cc(Cl)cc2Cl)c2nc(Cc3ccc(NC(=O)OCCN(C)C)cc3)[nH]c(=O)c12. The van der Waals surface area contributed by atoms with Crippen LogP contribution in [0.4, 0.5) is 10.5 Å². The maximum atomic E-state index is 13.2. The Balaban J connectivity index is 1.63. The third kappa shape index (κ3) is 6.30. The second-order valence-electron chi connectivity index (χ2n) is 9.32. The number of aromatic nitrogens is 4. The summed E-state index contributed by atoms with van der Waals surface area (Å²) in [6.07, 6.45) is -0.187. The maximum absolute atomic E-state index is 13.2. The van der Waals surface area contributed by atoms with Gasteiger partial charge in [0, 0.05) is 23.7 Å². The van der Waals surface area contributed by atoms with Crippen molar-refractivity contribution < 1.29 is 9.53 Å². The fourth-order valence-corrected chi connectivity index (χ4v) is 4.83. The van der Waals surface area contributed by atoms with Gasteiger partial charge in [0.15, 0.2) is 5.65 Å². The predicted molar refractivity (Wildman–Crippen MR) is 151 cm³/mol. The van der Waals surface area contributed by atoms with Gasteiger partial charge in [-0.15, -0.1) is 0 Å². The van der Waals surface area contributed by atoms with Gasteiger partial charge in [0.1, 0.15) is 23.5 Å². The van der Waals surface area contributed by atoms with Crippen LogP contribution in [0, 0.1) is 0 Å². The Morgan fingerprint density at radius 1 is 1.13 bits per heavy atom. The summed E-state index contributed by atoms with van der Waals surface area (Å²) in [5, 5.41) is 8.68. The molecule has 0 aliphatic carbocycles. The number of fused-ring (bicyclic) bond motifs is 1. The maximum Gasteiger partial charge on any atom is 0.411 e. The highest BCUT2D eigenvalue weighted by molar-refractivity contribution is 6.40. The molecule has 9 nitrogen and oxygen atoms in total. The van der Waals surface area contributed by atoms with E-state index in [1.54, 1.807) is 24.3 Å². The average molecular weight is 578 g/mol. The Bertz CT molecular complexity index is 1510. The first kappa shape index (κ1) is 27.9. The number of carbonyl (C=O) groups is 1. The zero-order valence-corrected chi connectivity index (χ0v) is 23.6. The molecule has 0 saturated carbocycles. The van der Waals surface area contributed by atoms with E-state index in [1.807, 2.05) is 45.0 Å². The lowest BCUT2D eigenvalue weighted by Gasteiger charge is -2.11. The molecule has 0 saturated heterocycles. The van der Waals surface area contributed by atoms with Gasteiger partial charge in [-0.25, -0.2) is 14.5 Å². The Labute approximate surface area is 234 Å². The molecule has 2 heterocycles. The molecule has 2 N–H and O–H groups in total. The molecule has 0 unspecified atom stereocenters. The molecule has 200 valence electrons. The summed E-state index contributed by atoms with van der Waals surface area (Å²) >= 11 is 19.0. The predicted octanol–water partition coefficient (Wildman–Crippen LogP) is 5.89. The lowest BCUT2D eigenvalue weighted by atomic mass is 10.1. The summed E-state index contributed by atoms with van der Waals surface area (Å²) < 4.78 is 6.65. The Hall–Kier alpha value is -3.11. The largest absolute Gasteiger partial charge is 0.448 e. The number of hydrogen-bond donors (Lipinski definition) is 2. The van der Waals surface area contributed by atoms with E-state index in [2.05, 4.69) is 15.4 Å². The van der Waals surface area contributed by atoms with Gasteiger partial charge in [-0.05, 0) is 49.8 Å². The first-order chi connectivity index (χ1) is 18.0. The van der Waals surface area contributed by atoms with Crippen LogP contribution in [-0.4, -0.2) is 58.0 Å². The number of nitrogens with one attached hydrogen (secondary N) is 2. The number of rotatable bonds is 8. The van der Waals surface area contributed by atoms with Crippen LogP contribution in [0.25, 0.3) is 16.7 Å². The zero-order chi connectivity index (χ0) is 27.6. The molecule has 0 radical (unpaired) electrons. The molecule has 0 fully saturated rings. The van der Waals surface area contributed by atoms with Gasteiger partial charge in [0.05, 0.1) is 15.7 Å². The normalized spacial score (nSPS) is 11.5. The van der Waals surface area contributed by atoms with E-state index in [-0.39, 0.29) is 21.5 Å². The lowest BCUT2D eigenvalue weighted by molar-refractivity contribution is 0.151. The number of carbonyl (C=O) groups excluding carboxylic acids is 1. The molecule has 0 bridgehead atoms. The Kier molecular flexibility index (Phi) is 8.62. The molecule has 2 aromatic heterocycles. The molecule has 12 heteroatoms. The van der Waals surface area contributed by atoms with Gasteiger partial charge in [0.25, 0.3) is 5.56 Å². The van der Waals surface area contributed by atoms with Crippen LogP contribution in [0.15, 0.2) is 41.2 Å². The minimum Gasteiger partial charge on any atom is -0.448 e. The quantitative estimate of drug-likeness (QED) is 0.270. The van der Waals surface area contributed by atoms with Gasteiger partial charge in [-0.2, -0.15) is 5.10 Å². The number of likely N-dealkylation sites (N-methyl/N-ethyl adjacent to an activating group) is 1. The number of H-pyrrole nitrogens is 1. The van der Waals surface area contributed by atoms with E-state index in [1.165, 1.54) is 4.68 Å². The number of nitrogens with zero attached hydrogens (tertiary/aromatic N) is 4. The van der Waals surface area contributed by atoms with Crippen molar-refractivity contribution in [3.05, 3.63) is 78.9 Å². The lowest BCUT2D eigenvalue weighted by Crippen LogP contribution is -2.22. The number of anilines is 1. The highest BCUT2D eigenvalue weighted by Gasteiger charge is 2.23. The summed E-state index contributed by atoms with van der Waals surface area (Å²) in [4.78, 5) is 34.7. The molecule has 2 aromatic carbocycles. The summed E-state index contributed by atoms with van der Waals surface area (Å²) in [5.74, 6) is 0.385. The first-order valence-electron chi connectivity index (χ1n) is 11.9. The van der Waals surface area contributed by atoms with Crippen molar-refractivity contribution in [3.8, 4) is 5.69 Å². The van der Waals surface area contributed by atoms with Crippen molar-refractivity contribution in [2.75, 3.05) is 32.6 Å². The second-order valence-corrected chi connectivity index (χ2v) is 10.6. The first-order valence-corrected chi connectivity index (χ1v) is 13.0. The fraction of sp³-hybridized carbons (Fsp3) is 0.308. The van der Waals surface area contributed by atoms with Crippen molar-refractivity contribution in [1.29, 1.82) is 0 Å². The summed E-state index contributed by atoms with van der Waals surface area (Å²) in [5.41, 5.74) is 2.48. The van der Waals surface area contributed by atoms with Crippen LogP contribution in [0.1, 0.15) is 36.8 Å². The van der Waals surface area contributed by atoms with Gasteiger partial charge >= 0.3 is 6.09 Å². The van der Waals surface area contributed by atoms with Crippen molar-refractivity contribution in [3.63, 3.8) is 0 Å². The molecule has 0 spiro atoms. The molecule has 0 aliphatic rings. The summed E-state index contributed by atoms with van der Waals surface area (Å²) in [6.45, 7) is 4.81. The summed E-state index contributed by atoms with van der Waals surface area (Å²) in [7, 11) is 3.80. The average Bonchev–Trinajstić information content (AvgIpc) is 3.19. The van der Waals surface area contributed by atoms with Crippen molar-refractivity contribution >= 4 is 57.6 Å². The van der Waals surface area contributed by atoms with E-state index in [0.717, 1.165) is 5.56 Å². The van der Waals surface area contributed by atoms with Crippen LogP contribution in [0.5, 0.6) is 0 Å². The van der Waals surface area contributed by atoms with Gasteiger partial charge in [0.2, 0.25) is 0 Å². The number of benzene rings is 2. The molecule has 4 aromatic rings. The zero-order valence-electron chi connectivity index (χ0n) is 21.3. The van der Waals surface area contributed by atoms with Crippen molar-refractivity contribution in [1.82, 2.24) is 24.6 Å². The topological polar surface area (TPSA) is 105 Å². The molecular formula is C26H27Cl3N6O3. The molecule has 0 atom stereocenters. The van der Waals surface area contributed by atoms with Crippen LogP contribution < -0.4 is 10.9 Å². The number of ether oxygens (including phenoxy) is 1. The van der Waals surface area contributed by atoms with Crippen LogP contribution in [0.2, 0.25) is 15.1 Å². The fourth-order valence-electron chi connectivity index (χ4n) is 3.85. The molecule has 38 heavy (non-hydrogen) atoms. The van der Waals surface area contributed by atoms with Gasteiger partial charge < -0.3 is 14.6 Å². The Morgan fingerprint density at radius 3 is 2.39 bits per heavy atom. The summed E-state index contributed by atoms with van der Waals surface area (Å²) in [6, 6.07) is 10.3. The highest BCUT2D eigenvalue weighted by atomic mass is 35.5.